The van der Waals surface area contributed by atoms with E-state index in [-0.39, 0.29) is 10.6 Å². The molecule has 98 valence electrons. The van der Waals surface area contributed by atoms with Crippen molar-refractivity contribution in [3.05, 3.63) is 68.7 Å². The molecule has 0 aliphatic heterocycles. The van der Waals surface area contributed by atoms with Crippen LogP contribution in [-0.2, 0) is 6.54 Å². The van der Waals surface area contributed by atoms with E-state index in [1.54, 1.807) is 19.1 Å². The van der Waals surface area contributed by atoms with Gasteiger partial charge >= 0.3 is 0 Å². The third-order valence-electron chi connectivity index (χ3n) is 2.96. The molecule has 1 N–H and O–H groups in total. The molecule has 19 heavy (non-hydrogen) atoms. The molecule has 2 aromatic rings. The highest BCUT2D eigenvalue weighted by Crippen LogP contribution is 2.24. The molecule has 0 aliphatic rings. The summed E-state index contributed by atoms with van der Waals surface area (Å²) >= 11 is 6.04. The highest BCUT2D eigenvalue weighted by molar-refractivity contribution is 6.33. The van der Waals surface area contributed by atoms with Crippen molar-refractivity contribution in [2.75, 3.05) is 5.32 Å². The van der Waals surface area contributed by atoms with E-state index in [0.29, 0.717) is 17.1 Å². The second-order valence-electron chi connectivity index (χ2n) is 4.15. The summed E-state index contributed by atoms with van der Waals surface area (Å²) in [4.78, 5) is 10.5. The topological polar surface area (TPSA) is 55.2 Å². The van der Waals surface area contributed by atoms with Crippen molar-refractivity contribution in [3.8, 4) is 0 Å². The van der Waals surface area contributed by atoms with E-state index in [0.717, 1.165) is 11.3 Å². The standard InChI is InChI=1S/C14H13ClN2O2/c1-10-11(5-4-8-14(10)17(18)19)9-16-13-7-3-2-6-12(13)15/h2-8,16H,9H2,1H3. The van der Waals surface area contributed by atoms with E-state index in [4.69, 9.17) is 11.6 Å². The molecule has 0 aromatic heterocycles. The molecule has 0 bridgehead atoms. The first-order valence-electron chi connectivity index (χ1n) is 5.81. The smallest absolute Gasteiger partial charge is 0.272 e. The van der Waals surface area contributed by atoms with Gasteiger partial charge in [0.25, 0.3) is 5.69 Å². The average Bonchev–Trinajstić information content (AvgIpc) is 2.39. The normalized spacial score (nSPS) is 10.2. The minimum Gasteiger partial charge on any atom is -0.380 e. The minimum atomic E-state index is -0.367. The van der Waals surface area contributed by atoms with Crippen molar-refractivity contribution in [1.82, 2.24) is 0 Å². The molecular weight excluding hydrogens is 264 g/mol. The summed E-state index contributed by atoms with van der Waals surface area (Å²) < 4.78 is 0. The van der Waals surface area contributed by atoms with E-state index >= 15 is 0 Å². The number of nitro groups is 1. The van der Waals surface area contributed by atoms with Crippen molar-refractivity contribution in [2.45, 2.75) is 13.5 Å². The first kappa shape index (κ1) is 13.4. The molecule has 0 amide bonds. The van der Waals surface area contributed by atoms with Crippen molar-refractivity contribution >= 4 is 23.0 Å². The zero-order valence-corrected chi connectivity index (χ0v) is 11.1. The Morgan fingerprint density at radius 1 is 1.21 bits per heavy atom. The Balaban J connectivity index is 2.19. The van der Waals surface area contributed by atoms with Gasteiger partial charge in [-0.15, -0.1) is 0 Å². The maximum Gasteiger partial charge on any atom is 0.272 e. The molecule has 0 heterocycles. The quantitative estimate of drug-likeness (QED) is 0.673. The Morgan fingerprint density at radius 3 is 2.63 bits per heavy atom. The van der Waals surface area contributed by atoms with Gasteiger partial charge in [-0.1, -0.05) is 35.9 Å². The lowest BCUT2D eigenvalue weighted by Crippen LogP contribution is -2.03. The van der Waals surface area contributed by atoms with Gasteiger partial charge < -0.3 is 5.32 Å². The maximum atomic E-state index is 10.9. The predicted octanol–water partition coefficient (Wildman–Crippen LogP) is 4.17. The number of nitrogens with zero attached hydrogens (tertiary/aromatic N) is 1. The lowest BCUT2D eigenvalue weighted by molar-refractivity contribution is -0.385. The monoisotopic (exact) mass is 276 g/mol. The largest absolute Gasteiger partial charge is 0.380 e. The SMILES string of the molecule is Cc1c(CNc2ccccc2Cl)cccc1[N+](=O)[O-]. The van der Waals surface area contributed by atoms with E-state index in [9.17, 15) is 10.1 Å². The van der Waals surface area contributed by atoms with Crippen molar-refractivity contribution < 1.29 is 4.92 Å². The van der Waals surface area contributed by atoms with Crippen LogP contribution in [0.25, 0.3) is 0 Å². The van der Waals surface area contributed by atoms with Gasteiger partial charge in [0, 0.05) is 18.2 Å². The third-order valence-corrected chi connectivity index (χ3v) is 3.29. The molecule has 0 radical (unpaired) electrons. The van der Waals surface area contributed by atoms with Crippen molar-refractivity contribution in [3.63, 3.8) is 0 Å². The summed E-state index contributed by atoms with van der Waals surface area (Å²) in [6.45, 7) is 2.25. The molecule has 2 rings (SSSR count). The molecule has 0 aliphatic carbocycles. The van der Waals surface area contributed by atoms with Gasteiger partial charge in [-0.2, -0.15) is 0 Å². The zero-order chi connectivity index (χ0) is 13.8. The van der Waals surface area contributed by atoms with Gasteiger partial charge in [-0.25, -0.2) is 0 Å². The second-order valence-corrected chi connectivity index (χ2v) is 4.56. The Labute approximate surface area is 116 Å². The van der Waals surface area contributed by atoms with Crippen LogP contribution in [0.4, 0.5) is 11.4 Å². The molecule has 2 aromatic carbocycles. The summed E-state index contributed by atoms with van der Waals surface area (Å²) in [6, 6.07) is 12.5. The number of rotatable bonds is 4. The van der Waals surface area contributed by atoms with Crippen LogP contribution >= 0.6 is 11.6 Å². The van der Waals surface area contributed by atoms with E-state index in [1.807, 2.05) is 24.3 Å². The molecule has 0 atom stereocenters. The van der Waals surface area contributed by atoms with Crippen molar-refractivity contribution in [1.29, 1.82) is 0 Å². The zero-order valence-electron chi connectivity index (χ0n) is 10.4. The summed E-state index contributed by atoms with van der Waals surface area (Å²) in [5, 5.41) is 14.7. The number of nitrogens with one attached hydrogen (secondary N) is 1. The molecule has 0 spiro atoms. The summed E-state index contributed by atoms with van der Waals surface area (Å²) in [5.74, 6) is 0. The van der Waals surface area contributed by atoms with Crippen LogP contribution in [-0.4, -0.2) is 4.92 Å². The lowest BCUT2D eigenvalue weighted by atomic mass is 10.1. The van der Waals surface area contributed by atoms with Gasteiger partial charge in [0.15, 0.2) is 0 Å². The molecular formula is C14H13ClN2O2. The summed E-state index contributed by atoms with van der Waals surface area (Å²) in [6.07, 6.45) is 0. The molecule has 0 unspecified atom stereocenters. The highest BCUT2D eigenvalue weighted by Gasteiger charge is 2.12. The van der Waals surface area contributed by atoms with Crippen LogP contribution in [0.1, 0.15) is 11.1 Å². The molecule has 5 heteroatoms. The van der Waals surface area contributed by atoms with Gasteiger partial charge in [-0.3, -0.25) is 10.1 Å². The number of hydrogen-bond donors (Lipinski definition) is 1. The number of hydrogen-bond acceptors (Lipinski definition) is 3. The maximum absolute atomic E-state index is 10.9. The summed E-state index contributed by atoms with van der Waals surface area (Å²) in [5.41, 5.74) is 2.51. The Bertz CT molecular complexity index is 614. The van der Waals surface area contributed by atoms with E-state index in [1.165, 1.54) is 6.07 Å². The number of anilines is 1. The van der Waals surface area contributed by atoms with Crippen LogP contribution in [0, 0.1) is 17.0 Å². The molecule has 0 saturated carbocycles. The number of benzene rings is 2. The lowest BCUT2D eigenvalue weighted by Gasteiger charge is -2.10. The predicted molar refractivity (Wildman–Crippen MR) is 76.6 cm³/mol. The van der Waals surface area contributed by atoms with E-state index in [2.05, 4.69) is 5.32 Å². The van der Waals surface area contributed by atoms with Gasteiger partial charge in [0.1, 0.15) is 0 Å². The van der Waals surface area contributed by atoms with E-state index < -0.39 is 0 Å². The first-order chi connectivity index (χ1) is 9.09. The number of nitro benzene ring substituents is 1. The number of para-hydroxylation sites is 1. The molecule has 4 nitrogen and oxygen atoms in total. The fourth-order valence-corrected chi connectivity index (χ4v) is 2.06. The number of halogens is 1. The van der Waals surface area contributed by atoms with Crippen LogP contribution in [0.3, 0.4) is 0 Å². The van der Waals surface area contributed by atoms with Crippen molar-refractivity contribution in [2.24, 2.45) is 0 Å². The first-order valence-corrected chi connectivity index (χ1v) is 6.18. The molecule has 0 saturated heterocycles. The van der Waals surface area contributed by atoms with Crippen LogP contribution in [0.2, 0.25) is 5.02 Å². The second kappa shape index (κ2) is 5.71. The fraction of sp³-hybridized carbons (Fsp3) is 0.143. The van der Waals surface area contributed by atoms with Crippen LogP contribution < -0.4 is 5.32 Å². The Hall–Kier alpha value is -2.07. The summed E-state index contributed by atoms with van der Waals surface area (Å²) in [7, 11) is 0. The van der Waals surface area contributed by atoms with Crippen LogP contribution in [0.15, 0.2) is 42.5 Å². The average molecular weight is 277 g/mol. The molecule has 0 fully saturated rings. The highest BCUT2D eigenvalue weighted by atomic mass is 35.5. The van der Waals surface area contributed by atoms with Gasteiger partial charge in [0.05, 0.1) is 15.6 Å². The van der Waals surface area contributed by atoms with Crippen LogP contribution in [0.5, 0.6) is 0 Å². The van der Waals surface area contributed by atoms with Gasteiger partial charge in [0.2, 0.25) is 0 Å². The Kier molecular flexibility index (Phi) is 4.02. The fourth-order valence-electron chi connectivity index (χ4n) is 1.85. The Morgan fingerprint density at radius 2 is 1.95 bits per heavy atom. The van der Waals surface area contributed by atoms with Gasteiger partial charge in [-0.05, 0) is 24.6 Å². The third kappa shape index (κ3) is 3.03. The minimum absolute atomic E-state index is 0.137.